The number of nitrogen functional groups attached to an aromatic ring is 1. The monoisotopic (exact) mass is 223 g/mol. The molecule has 0 saturated carbocycles. The molecule has 1 heterocycles. The molecule has 1 aromatic heterocycles. The smallest absolute Gasteiger partial charge is 0.149 e. The van der Waals surface area contributed by atoms with Gasteiger partial charge in [-0.2, -0.15) is 0 Å². The zero-order valence-electron chi connectivity index (χ0n) is 10.2. The average molecular weight is 223 g/mol. The van der Waals surface area contributed by atoms with Crippen molar-refractivity contribution >= 4 is 11.5 Å². The second-order valence-corrected chi connectivity index (χ2v) is 4.10. The summed E-state index contributed by atoms with van der Waals surface area (Å²) in [6, 6.07) is 3.90. The first-order valence-electron chi connectivity index (χ1n) is 5.70. The number of pyridine rings is 1. The fourth-order valence-corrected chi connectivity index (χ4v) is 1.36. The van der Waals surface area contributed by atoms with Gasteiger partial charge in [-0.3, -0.25) is 0 Å². The van der Waals surface area contributed by atoms with Crippen molar-refractivity contribution in [2.45, 2.75) is 26.8 Å². The van der Waals surface area contributed by atoms with Crippen molar-refractivity contribution in [1.82, 2.24) is 4.98 Å². The maximum atomic E-state index is 5.83. The molecule has 0 bridgehead atoms. The fourth-order valence-electron chi connectivity index (χ4n) is 1.36. The molecule has 4 heteroatoms. The predicted octanol–water partition coefficient (Wildman–Crippen LogP) is 2.14. The number of ether oxygens (including phenoxy) is 1. The van der Waals surface area contributed by atoms with Gasteiger partial charge < -0.3 is 15.8 Å². The summed E-state index contributed by atoms with van der Waals surface area (Å²) in [5.41, 5.74) is 6.50. The van der Waals surface area contributed by atoms with E-state index in [-0.39, 0.29) is 6.04 Å². The third kappa shape index (κ3) is 3.70. The van der Waals surface area contributed by atoms with E-state index in [1.54, 1.807) is 6.20 Å². The van der Waals surface area contributed by atoms with Gasteiger partial charge in [0, 0.05) is 12.8 Å². The summed E-state index contributed by atoms with van der Waals surface area (Å²) in [5, 5.41) is 3.32. The Morgan fingerprint density at radius 1 is 1.50 bits per heavy atom. The Labute approximate surface area is 97.2 Å². The van der Waals surface area contributed by atoms with E-state index in [0.717, 1.165) is 12.4 Å². The largest absolute Gasteiger partial charge is 0.396 e. The van der Waals surface area contributed by atoms with Crippen LogP contribution in [0.4, 0.5) is 11.5 Å². The molecule has 3 N–H and O–H groups in total. The first kappa shape index (κ1) is 12.8. The van der Waals surface area contributed by atoms with Crippen LogP contribution in [0.25, 0.3) is 0 Å². The molecule has 0 spiro atoms. The van der Waals surface area contributed by atoms with Crippen molar-refractivity contribution in [2.75, 3.05) is 24.3 Å². The molecule has 0 amide bonds. The molecule has 1 aromatic rings. The van der Waals surface area contributed by atoms with Crippen LogP contribution in [0, 0.1) is 5.92 Å². The van der Waals surface area contributed by atoms with Crippen LogP contribution in [0.2, 0.25) is 0 Å². The van der Waals surface area contributed by atoms with Crippen LogP contribution >= 0.6 is 0 Å². The summed E-state index contributed by atoms with van der Waals surface area (Å²) in [7, 11) is 0. The van der Waals surface area contributed by atoms with Crippen molar-refractivity contribution in [2.24, 2.45) is 5.92 Å². The van der Waals surface area contributed by atoms with Gasteiger partial charge in [-0.25, -0.2) is 4.98 Å². The van der Waals surface area contributed by atoms with E-state index >= 15 is 0 Å². The predicted molar refractivity (Wildman–Crippen MR) is 67.4 cm³/mol. The van der Waals surface area contributed by atoms with Crippen LogP contribution in [-0.2, 0) is 4.74 Å². The first-order valence-corrected chi connectivity index (χ1v) is 5.70. The number of hydrogen-bond acceptors (Lipinski definition) is 4. The third-order valence-electron chi connectivity index (χ3n) is 2.47. The van der Waals surface area contributed by atoms with Crippen LogP contribution in [0.5, 0.6) is 0 Å². The minimum atomic E-state index is 0.233. The van der Waals surface area contributed by atoms with Gasteiger partial charge in [-0.05, 0) is 25.0 Å². The third-order valence-corrected chi connectivity index (χ3v) is 2.47. The Bertz CT molecular complexity index is 315. The van der Waals surface area contributed by atoms with Crippen molar-refractivity contribution in [3.63, 3.8) is 0 Å². The number of hydrogen-bond donors (Lipinski definition) is 2. The Morgan fingerprint density at radius 3 is 2.81 bits per heavy atom. The normalized spacial score (nSPS) is 12.8. The molecule has 0 fully saturated rings. The first-order chi connectivity index (χ1) is 7.65. The lowest BCUT2D eigenvalue weighted by atomic mass is 10.1. The average Bonchev–Trinajstić information content (AvgIpc) is 2.26. The SMILES string of the molecule is CCOCC(Nc1ncccc1N)C(C)C. The van der Waals surface area contributed by atoms with Crippen LogP contribution in [0.15, 0.2) is 18.3 Å². The highest BCUT2D eigenvalue weighted by Crippen LogP contribution is 2.17. The lowest BCUT2D eigenvalue weighted by Crippen LogP contribution is -2.31. The summed E-state index contributed by atoms with van der Waals surface area (Å²) in [6.45, 7) is 7.69. The maximum absolute atomic E-state index is 5.83. The van der Waals surface area contributed by atoms with Crippen LogP contribution in [0.1, 0.15) is 20.8 Å². The zero-order chi connectivity index (χ0) is 12.0. The fraction of sp³-hybridized carbons (Fsp3) is 0.583. The minimum Gasteiger partial charge on any atom is -0.396 e. The van der Waals surface area contributed by atoms with Gasteiger partial charge in [0.1, 0.15) is 5.82 Å². The van der Waals surface area contributed by atoms with Crippen LogP contribution in [0.3, 0.4) is 0 Å². The van der Waals surface area contributed by atoms with Gasteiger partial charge in [-0.1, -0.05) is 13.8 Å². The van der Waals surface area contributed by atoms with E-state index in [9.17, 15) is 0 Å². The summed E-state index contributed by atoms with van der Waals surface area (Å²) < 4.78 is 5.44. The highest BCUT2D eigenvalue weighted by atomic mass is 16.5. The topological polar surface area (TPSA) is 60.2 Å². The van der Waals surface area contributed by atoms with Crippen molar-refractivity contribution in [3.8, 4) is 0 Å². The van der Waals surface area contributed by atoms with Crippen molar-refractivity contribution in [1.29, 1.82) is 0 Å². The Kier molecular flexibility index (Phi) is 5.05. The maximum Gasteiger partial charge on any atom is 0.149 e. The van der Waals surface area contributed by atoms with E-state index in [2.05, 4.69) is 24.1 Å². The number of rotatable bonds is 6. The van der Waals surface area contributed by atoms with Gasteiger partial charge in [0.2, 0.25) is 0 Å². The van der Waals surface area contributed by atoms with Gasteiger partial charge in [0.05, 0.1) is 18.3 Å². The molecule has 16 heavy (non-hydrogen) atoms. The Morgan fingerprint density at radius 2 is 2.25 bits per heavy atom. The second kappa shape index (κ2) is 6.33. The molecule has 0 saturated heterocycles. The zero-order valence-corrected chi connectivity index (χ0v) is 10.2. The summed E-state index contributed by atoms with van der Waals surface area (Å²) in [5.74, 6) is 1.20. The number of nitrogens with zero attached hydrogens (tertiary/aromatic N) is 1. The lowest BCUT2D eigenvalue weighted by molar-refractivity contribution is 0.126. The summed E-state index contributed by atoms with van der Waals surface area (Å²) >= 11 is 0. The molecule has 1 unspecified atom stereocenters. The Balaban J connectivity index is 2.64. The van der Waals surface area contributed by atoms with Crippen LogP contribution < -0.4 is 11.1 Å². The highest BCUT2D eigenvalue weighted by molar-refractivity contribution is 5.60. The molecule has 0 radical (unpaired) electrons. The number of anilines is 2. The molecule has 4 nitrogen and oxygen atoms in total. The second-order valence-electron chi connectivity index (χ2n) is 4.10. The van der Waals surface area contributed by atoms with E-state index in [1.165, 1.54) is 0 Å². The quantitative estimate of drug-likeness (QED) is 0.775. The Hall–Kier alpha value is -1.29. The van der Waals surface area contributed by atoms with Gasteiger partial charge in [0.15, 0.2) is 0 Å². The summed E-state index contributed by atoms with van der Waals surface area (Å²) in [4.78, 5) is 4.22. The van der Waals surface area contributed by atoms with E-state index < -0.39 is 0 Å². The molecule has 90 valence electrons. The molecule has 0 aliphatic carbocycles. The molecule has 1 atom stereocenters. The van der Waals surface area contributed by atoms with E-state index in [4.69, 9.17) is 10.5 Å². The molecule has 0 aliphatic heterocycles. The number of nitrogens with two attached hydrogens (primary N) is 1. The van der Waals surface area contributed by atoms with Crippen molar-refractivity contribution < 1.29 is 4.74 Å². The molecule has 0 aliphatic rings. The number of aromatic nitrogens is 1. The van der Waals surface area contributed by atoms with Crippen LogP contribution in [-0.4, -0.2) is 24.2 Å². The van der Waals surface area contributed by atoms with Gasteiger partial charge >= 0.3 is 0 Å². The number of nitrogens with one attached hydrogen (secondary N) is 1. The standard InChI is InChI=1S/C12H21N3O/c1-4-16-8-11(9(2)3)15-12-10(13)6-5-7-14-12/h5-7,9,11H,4,8,13H2,1-3H3,(H,14,15). The minimum absolute atomic E-state index is 0.233. The molecule has 1 rings (SSSR count). The van der Waals surface area contributed by atoms with Gasteiger partial charge in [0.25, 0.3) is 0 Å². The van der Waals surface area contributed by atoms with Gasteiger partial charge in [-0.15, -0.1) is 0 Å². The van der Waals surface area contributed by atoms with Crippen molar-refractivity contribution in [3.05, 3.63) is 18.3 Å². The van der Waals surface area contributed by atoms with E-state index in [1.807, 2.05) is 19.1 Å². The lowest BCUT2D eigenvalue weighted by Gasteiger charge is -2.23. The molecular formula is C12H21N3O. The highest BCUT2D eigenvalue weighted by Gasteiger charge is 2.14. The van der Waals surface area contributed by atoms with E-state index in [0.29, 0.717) is 18.2 Å². The molecular weight excluding hydrogens is 202 g/mol. The molecule has 0 aromatic carbocycles. The summed E-state index contributed by atoms with van der Waals surface area (Å²) in [6.07, 6.45) is 1.73.